The molecule has 2 atom stereocenters. The molecule has 0 saturated carbocycles. The summed E-state index contributed by atoms with van der Waals surface area (Å²) in [5, 5.41) is 11.2. The summed E-state index contributed by atoms with van der Waals surface area (Å²) < 4.78 is 30.1. The van der Waals surface area contributed by atoms with Crippen molar-refractivity contribution in [1.29, 1.82) is 0 Å². The molecule has 1 aliphatic heterocycles. The number of nitrogens with two attached hydrogens (primary N) is 1. The Labute approximate surface area is 190 Å². The van der Waals surface area contributed by atoms with Gasteiger partial charge in [0.15, 0.2) is 0 Å². The van der Waals surface area contributed by atoms with Crippen LogP contribution >= 0.6 is 11.6 Å². The van der Waals surface area contributed by atoms with E-state index in [-0.39, 0.29) is 30.3 Å². The van der Waals surface area contributed by atoms with E-state index >= 15 is 0 Å². The zero-order chi connectivity index (χ0) is 24.7. The van der Waals surface area contributed by atoms with Gasteiger partial charge in [-0.1, -0.05) is 25.4 Å². The van der Waals surface area contributed by atoms with Gasteiger partial charge in [-0.25, -0.2) is 4.39 Å². The first-order valence-corrected chi connectivity index (χ1v) is 10.6. The largest absolute Gasteiger partial charge is 0.395 e. The molecular weight excluding hydrogens is 430 g/mol. The molecule has 1 saturated heterocycles. The topological polar surface area (TPSA) is 113 Å². The zero-order valence-electron chi connectivity index (χ0n) is 19.5. The van der Waals surface area contributed by atoms with Gasteiger partial charge in [0, 0.05) is 46.0 Å². The average Bonchev–Trinajstić information content (AvgIpc) is 2.78. The smallest absolute Gasteiger partial charge is 0.254 e. The number of ether oxygens (including phenoxy) is 1. The number of aliphatic hydroxyl groups is 1. The fourth-order valence-corrected chi connectivity index (χ4v) is 2.33. The molecule has 10 heteroatoms. The Morgan fingerprint density at radius 2 is 1.97 bits per heavy atom. The molecule has 0 aromatic carbocycles. The summed E-state index contributed by atoms with van der Waals surface area (Å²) in [5.41, 5.74) is 2.96. The van der Waals surface area contributed by atoms with Crippen LogP contribution in [0, 0.1) is 5.92 Å². The van der Waals surface area contributed by atoms with Gasteiger partial charge in [0.1, 0.15) is 5.67 Å². The van der Waals surface area contributed by atoms with E-state index in [1.54, 1.807) is 28.0 Å². The number of hydrogen-bond acceptors (Lipinski definition) is 6. The number of piperidine rings is 1. The summed E-state index contributed by atoms with van der Waals surface area (Å²) >= 11 is 5.79. The number of aromatic amines is 1. The Morgan fingerprint density at radius 1 is 1.48 bits per heavy atom. The van der Waals surface area contributed by atoms with Crippen molar-refractivity contribution in [2.75, 3.05) is 53.7 Å². The molecule has 2 heterocycles. The van der Waals surface area contributed by atoms with Crippen LogP contribution in [0.2, 0.25) is 5.02 Å². The van der Waals surface area contributed by atoms with Gasteiger partial charge in [0.25, 0.3) is 5.56 Å². The van der Waals surface area contributed by atoms with Crippen molar-refractivity contribution in [2.24, 2.45) is 16.6 Å². The molecule has 1 unspecified atom stereocenters. The fourth-order valence-electron chi connectivity index (χ4n) is 2.16. The fraction of sp³-hybridized carbons (Fsp3) is 0.714. The molecule has 7 nitrogen and oxygen atoms in total. The third-order valence-electron chi connectivity index (χ3n) is 3.82. The third-order valence-corrected chi connectivity index (χ3v) is 4.04. The third kappa shape index (κ3) is 16.9. The minimum Gasteiger partial charge on any atom is -0.395 e. The first-order valence-electron chi connectivity index (χ1n) is 10.2. The number of nitrogens with zero attached hydrogens (tertiary/aromatic N) is 1. The van der Waals surface area contributed by atoms with Crippen LogP contribution in [0.4, 0.5) is 8.78 Å². The van der Waals surface area contributed by atoms with Gasteiger partial charge in [-0.05, 0) is 39.1 Å². The quantitative estimate of drug-likeness (QED) is 0.505. The SMILES string of the molecule is C=NC.CC1CNCC[C@]1(F)c1cc(Cl)c[nH]c1=O.CCCF.CCOC.NCCO. The number of hydrogen-bond donors (Lipinski definition) is 4. The highest BCUT2D eigenvalue weighted by molar-refractivity contribution is 6.30. The minimum atomic E-state index is -1.58. The molecule has 1 aromatic heterocycles. The average molecular weight is 471 g/mol. The second-order valence-electron chi connectivity index (χ2n) is 6.37. The number of aliphatic imine (C=N–C) groups is 1. The maximum Gasteiger partial charge on any atom is 0.254 e. The minimum absolute atomic E-state index is 0.0972. The molecule has 0 amide bonds. The number of aliphatic hydroxyl groups excluding tert-OH is 1. The molecule has 0 spiro atoms. The molecule has 0 radical (unpaired) electrons. The van der Waals surface area contributed by atoms with E-state index in [2.05, 4.69) is 26.7 Å². The number of alkyl halides is 2. The first-order chi connectivity index (χ1) is 14.7. The van der Waals surface area contributed by atoms with E-state index in [0.29, 0.717) is 37.5 Å². The van der Waals surface area contributed by atoms with Gasteiger partial charge in [-0.2, -0.15) is 0 Å². The van der Waals surface area contributed by atoms with Crippen LogP contribution in [-0.2, 0) is 10.4 Å². The van der Waals surface area contributed by atoms with Crippen LogP contribution in [0.15, 0.2) is 22.1 Å². The normalized spacial score (nSPS) is 19.0. The molecule has 0 bridgehead atoms. The molecule has 31 heavy (non-hydrogen) atoms. The molecule has 0 aliphatic carbocycles. The molecule has 5 N–H and O–H groups in total. The second kappa shape index (κ2) is 23.3. The van der Waals surface area contributed by atoms with Gasteiger partial charge in [-0.3, -0.25) is 9.18 Å². The highest BCUT2D eigenvalue weighted by Crippen LogP contribution is 2.37. The summed E-state index contributed by atoms with van der Waals surface area (Å²) in [7, 11) is 3.32. The lowest BCUT2D eigenvalue weighted by Crippen LogP contribution is -2.46. The van der Waals surface area contributed by atoms with Crippen molar-refractivity contribution >= 4 is 18.3 Å². The number of aromatic nitrogens is 1. The van der Waals surface area contributed by atoms with E-state index < -0.39 is 5.67 Å². The predicted molar refractivity (Wildman–Crippen MR) is 127 cm³/mol. The van der Waals surface area contributed by atoms with E-state index in [9.17, 15) is 13.6 Å². The van der Waals surface area contributed by atoms with Crippen LogP contribution in [0.3, 0.4) is 0 Å². The molecular formula is C21H41ClF2N4O3. The van der Waals surface area contributed by atoms with Crippen molar-refractivity contribution in [1.82, 2.24) is 10.3 Å². The Balaban J connectivity index is -0.000000431. The predicted octanol–water partition coefficient (Wildman–Crippen LogP) is 3.10. The monoisotopic (exact) mass is 470 g/mol. The highest BCUT2D eigenvalue weighted by Gasteiger charge is 2.42. The highest BCUT2D eigenvalue weighted by atomic mass is 35.5. The lowest BCUT2D eigenvalue weighted by Gasteiger charge is -2.35. The summed E-state index contributed by atoms with van der Waals surface area (Å²) in [6.07, 6.45) is 2.33. The summed E-state index contributed by atoms with van der Waals surface area (Å²) in [6.45, 7) is 10.9. The lowest BCUT2D eigenvalue weighted by molar-refractivity contribution is 0.0535. The van der Waals surface area contributed by atoms with E-state index in [1.807, 2.05) is 6.92 Å². The van der Waals surface area contributed by atoms with E-state index in [4.69, 9.17) is 22.4 Å². The number of methoxy groups -OCH3 is 1. The van der Waals surface area contributed by atoms with Crippen LogP contribution in [0.1, 0.15) is 39.2 Å². The Bertz CT molecular complexity index is 578. The van der Waals surface area contributed by atoms with Gasteiger partial charge in [-0.15, -0.1) is 0 Å². The van der Waals surface area contributed by atoms with Crippen LogP contribution in [-0.4, -0.2) is 70.5 Å². The first kappa shape index (κ1) is 34.2. The standard InChI is InChI=1S/C11H14ClFN2O.C3H7F.C3H8O.C2H7NO.C2H5N/c1-7-5-14-3-2-11(7,13)9-4-8(12)6-15-10(9)16;1-2-3-4;1-3-4-2;3-1-2-4;1-3-2/h4,6-7,14H,2-3,5H2,1H3,(H,15,16);2-3H2,1H3;3H2,1-2H3;4H,1-3H2;1H2,2H3/t7?,11-;;;;/m1..../s1. The van der Waals surface area contributed by atoms with Crippen molar-refractivity contribution in [3.63, 3.8) is 0 Å². The van der Waals surface area contributed by atoms with Crippen molar-refractivity contribution in [3.8, 4) is 0 Å². The molecule has 1 aliphatic rings. The number of H-pyrrole nitrogens is 1. The molecule has 184 valence electrons. The Morgan fingerprint density at radius 3 is 2.32 bits per heavy atom. The van der Waals surface area contributed by atoms with Crippen molar-refractivity contribution < 1.29 is 18.6 Å². The number of pyridine rings is 1. The zero-order valence-corrected chi connectivity index (χ0v) is 20.3. The number of nitrogens with one attached hydrogen (secondary N) is 2. The van der Waals surface area contributed by atoms with Gasteiger partial charge in [0.2, 0.25) is 0 Å². The summed E-state index contributed by atoms with van der Waals surface area (Å²) in [6, 6.07) is 1.43. The summed E-state index contributed by atoms with van der Waals surface area (Å²) in [4.78, 5) is 17.4. The van der Waals surface area contributed by atoms with Crippen molar-refractivity contribution in [3.05, 3.63) is 33.2 Å². The van der Waals surface area contributed by atoms with Gasteiger partial charge >= 0.3 is 0 Å². The molecule has 1 fully saturated rings. The van der Waals surface area contributed by atoms with Crippen LogP contribution in [0.25, 0.3) is 0 Å². The van der Waals surface area contributed by atoms with E-state index in [1.165, 1.54) is 12.3 Å². The van der Waals surface area contributed by atoms with Gasteiger partial charge < -0.3 is 30.9 Å². The summed E-state index contributed by atoms with van der Waals surface area (Å²) in [5.74, 6) is -0.235. The van der Waals surface area contributed by atoms with Gasteiger partial charge in [0.05, 0.1) is 23.9 Å². The number of halogens is 3. The van der Waals surface area contributed by atoms with Crippen molar-refractivity contribution in [2.45, 2.75) is 39.3 Å². The maximum absolute atomic E-state index is 14.8. The number of rotatable bonds is 4. The van der Waals surface area contributed by atoms with E-state index in [0.717, 1.165) is 6.61 Å². The van der Waals surface area contributed by atoms with Crippen LogP contribution in [0.5, 0.6) is 0 Å². The second-order valence-corrected chi connectivity index (χ2v) is 6.81. The molecule has 1 aromatic rings. The molecule has 2 rings (SSSR count). The van der Waals surface area contributed by atoms with Crippen LogP contribution < -0.4 is 16.6 Å². The lowest BCUT2D eigenvalue weighted by atomic mass is 9.80. The maximum atomic E-state index is 14.8. The Kier molecular flexibility index (Phi) is 25.7. The Hall–Kier alpha value is -1.39.